The van der Waals surface area contributed by atoms with Crippen molar-refractivity contribution < 1.29 is 4.79 Å². The van der Waals surface area contributed by atoms with Crippen LogP contribution in [0.2, 0.25) is 5.02 Å². The SMILES string of the molecule is Cc1ccccc1-n1c(-c2ccc(Cl)cc2)cnc1SCC(=O)/C=C1/N(C)c2ccccc2C1(C)C. The standard InChI is InChI=1S/C30H28ClN3OS/c1-20-9-5-7-11-25(20)34-27(21-13-15-22(31)16-14-21)18-32-29(34)36-19-23(35)17-28-30(2,3)24-10-6-8-12-26(24)33(28)4/h5-18H,19H2,1-4H3/b28-17+. The lowest BCUT2D eigenvalue weighted by atomic mass is 9.83. The number of carbonyl (C=O) groups excluding carboxylic acids is 1. The quantitative estimate of drug-likeness (QED) is 0.198. The second-order valence-corrected chi connectivity index (χ2v) is 10.9. The van der Waals surface area contributed by atoms with E-state index in [0.717, 1.165) is 39.0 Å². The maximum Gasteiger partial charge on any atom is 0.173 e. The fraction of sp³-hybridized carbons (Fsp3) is 0.200. The van der Waals surface area contributed by atoms with Crippen molar-refractivity contribution in [1.29, 1.82) is 0 Å². The topological polar surface area (TPSA) is 38.1 Å². The summed E-state index contributed by atoms with van der Waals surface area (Å²) in [6, 6.07) is 24.3. The first-order chi connectivity index (χ1) is 17.3. The molecular formula is C30H28ClN3OS. The molecule has 36 heavy (non-hydrogen) atoms. The lowest BCUT2D eigenvalue weighted by Gasteiger charge is -2.23. The number of allylic oxidation sites excluding steroid dienone is 2. The number of carbonyl (C=O) groups is 1. The van der Waals surface area contributed by atoms with E-state index in [2.05, 4.69) is 60.6 Å². The normalized spacial score (nSPS) is 15.4. The van der Waals surface area contributed by atoms with E-state index < -0.39 is 0 Å². The number of ketones is 1. The fourth-order valence-electron chi connectivity index (χ4n) is 4.90. The first kappa shape index (κ1) is 24.4. The fourth-order valence-corrected chi connectivity index (χ4v) is 5.83. The summed E-state index contributed by atoms with van der Waals surface area (Å²) in [5, 5.41) is 1.47. The van der Waals surface area contributed by atoms with Crippen molar-refractivity contribution in [2.45, 2.75) is 31.3 Å². The molecule has 0 saturated heterocycles. The Bertz CT molecular complexity index is 1470. The molecule has 1 aliphatic heterocycles. The number of imidazole rings is 1. The van der Waals surface area contributed by atoms with E-state index in [1.165, 1.54) is 17.3 Å². The van der Waals surface area contributed by atoms with Gasteiger partial charge in [0.25, 0.3) is 0 Å². The van der Waals surface area contributed by atoms with Crippen LogP contribution in [0.5, 0.6) is 0 Å². The maximum atomic E-state index is 13.2. The van der Waals surface area contributed by atoms with E-state index in [1.807, 2.05) is 55.7 Å². The van der Waals surface area contributed by atoms with Crippen molar-refractivity contribution in [3.8, 4) is 16.9 Å². The summed E-state index contributed by atoms with van der Waals surface area (Å²) in [6.45, 7) is 6.43. The molecular weight excluding hydrogens is 486 g/mol. The van der Waals surface area contributed by atoms with Crippen LogP contribution in [0.25, 0.3) is 16.9 Å². The van der Waals surface area contributed by atoms with Gasteiger partial charge in [0.1, 0.15) is 0 Å². The van der Waals surface area contributed by atoms with Crippen LogP contribution in [0.3, 0.4) is 0 Å². The molecule has 0 atom stereocenters. The highest BCUT2D eigenvalue weighted by atomic mass is 35.5. The van der Waals surface area contributed by atoms with E-state index in [-0.39, 0.29) is 11.2 Å². The molecule has 1 aromatic heterocycles. The van der Waals surface area contributed by atoms with Gasteiger partial charge in [-0.3, -0.25) is 9.36 Å². The van der Waals surface area contributed by atoms with E-state index in [4.69, 9.17) is 16.6 Å². The predicted molar refractivity (Wildman–Crippen MR) is 150 cm³/mol. The van der Waals surface area contributed by atoms with Gasteiger partial charge in [-0.2, -0.15) is 0 Å². The number of halogens is 1. The van der Waals surface area contributed by atoms with Crippen LogP contribution in [0.4, 0.5) is 5.69 Å². The third-order valence-electron chi connectivity index (χ3n) is 6.81. The van der Waals surface area contributed by atoms with Gasteiger partial charge in [0.05, 0.1) is 23.3 Å². The number of hydrogen-bond donors (Lipinski definition) is 0. The number of nitrogens with zero attached hydrogens (tertiary/aromatic N) is 3. The highest BCUT2D eigenvalue weighted by molar-refractivity contribution is 7.99. The molecule has 0 amide bonds. The van der Waals surface area contributed by atoms with Gasteiger partial charge >= 0.3 is 0 Å². The first-order valence-electron chi connectivity index (χ1n) is 11.9. The Morgan fingerprint density at radius 3 is 2.36 bits per heavy atom. The zero-order chi connectivity index (χ0) is 25.4. The molecule has 4 aromatic rings. The minimum atomic E-state index is -0.229. The van der Waals surface area contributed by atoms with Crippen molar-refractivity contribution in [3.63, 3.8) is 0 Å². The van der Waals surface area contributed by atoms with Crippen LogP contribution in [0.15, 0.2) is 95.9 Å². The van der Waals surface area contributed by atoms with Crippen LogP contribution in [0.1, 0.15) is 25.0 Å². The number of aromatic nitrogens is 2. The minimum Gasteiger partial charge on any atom is -0.347 e. The van der Waals surface area contributed by atoms with Crippen molar-refractivity contribution in [1.82, 2.24) is 9.55 Å². The van der Waals surface area contributed by atoms with Gasteiger partial charge in [0.15, 0.2) is 10.9 Å². The van der Waals surface area contributed by atoms with E-state index >= 15 is 0 Å². The second-order valence-electron chi connectivity index (χ2n) is 9.54. The summed E-state index contributed by atoms with van der Waals surface area (Å²) in [7, 11) is 2.03. The molecule has 3 aromatic carbocycles. The van der Waals surface area contributed by atoms with E-state index in [1.54, 1.807) is 6.08 Å². The maximum absolute atomic E-state index is 13.2. The molecule has 0 fully saturated rings. The number of fused-ring (bicyclic) bond motifs is 1. The summed E-state index contributed by atoms with van der Waals surface area (Å²) in [6.07, 6.45) is 3.67. The van der Waals surface area contributed by atoms with Gasteiger partial charge in [-0.1, -0.05) is 85.7 Å². The lowest BCUT2D eigenvalue weighted by molar-refractivity contribution is -0.112. The number of thioether (sulfide) groups is 1. The Hall–Kier alpha value is -3.28. The third-order valence-corrected chi connectivity index (χ3v) is 8.03. The molecule has 1 aliphatic rings. The van der Waals surface area contributed by atoms with Gasteiger partial charge in [0.2, 0.25) is 0 Å². The molecule has 2 heterocycles. The molecule has 0 radical (unpaired) electrons. The zero-order valence-corrected chi connectivity index (χ0v) is 22.4. The van der Waals surface area contributed by atoms with Crippen LogP contribution in [0, 0.1) is 6.92 Å². The summed E-state index contributed by atoms with van der Waals surface area (Å²) < 4.78 is 2.13. The zero-order valence-electron chi connectivity index (χ0n) is 20.8. The summed E-state index contributed by atoms with van der Waals surface area (Å²) in [4.78, 5) is 20.1. The lowest BCUT2D eigenvalue weighted by Crippen LogP contribution is -2.24. The first-order valence-corrected chi connectivity index (χ1v) is 13.2. The highest BCUT2D eigenvalue weighted by Gasteiger charge is 2.38. The summed E-state index contributed by atoms with van der Waals surface area (Å²) in [5.74, 6) is 0.363. The molecule has 0 bridgehead atoms. The summed E-state index contributed by atoms with van der Waals surface area (Å²) >= 11 is 7.59. The number of anilines is 1. The van der Waals surface area contributed by atoms with Crippen molar-refractivity contribution in [2.75, 3.05) is 17.7 Å². The molecule has 0 aliphatic carbocycles. The van der Waals surface area contributed by atoms with Gasteiger partial charge in [-0.25, -0.2) is 4.98 Å². The smallest absolute Gasteiger partial charge is 0.173 e. The van der Waals surface area contributed by atoms with Crippen molar-refractivity contribution in [2.24, 2.45) is 0 Å². The Labute approximate surface area is 221 Å². The largest absolute Gasteiger partial charge is 0.347 e. The monoisotopic (exact) mass is 513 g/mol. The van der Waals surface area contributed by atoms with Crippen molar-refractivity contribution >= 4 is 34.8 Å². The van der Waals surface area contributed by atoms with Crippen molar-refractivity contribution in [3.05, 3.63) is 107 Å². The number of likely N-dealkylation sites (N-methyl/N-ethyl adjacent to an activating group) is 1. The van der Waals surface area contributed by atoms with Gasteiger partial charge < -0.3 is 4.90 Å². The average Bonchev–Trinajstić information content (AvgIpc) is 3.37. The predicted octanol–water partition coefficient (Wildman–Crippen LogP) is 7.47. The minimum absolute atomic E-state index is 0.0649. The molecule has 182 valence electrons. The molecule has 0 saturated carbocycles. The number of rotatable bonds is 6. The van der Waals surface area contributed by atoms with Crippen LogP contribution in [-0.2, 0) is 10.2 Å². The highest BCUT2D eigenvalue weighted by Crippen LogP contribution is 2.46. The second kappa shape index (κ2) is 9.64. The molecule has 4 nitrogen and oxygen atoms in total. The Kier molecular flexibility index (Phi) is 6.54. The van der Waals surface area contributed by atoms with Gasteiger partial charge in [-0.15, -0.1) is 0 Å². The van der Waals surface area contributed by atoms with Crippen LogP contribution in [-0.4, -0.2) is 28.1 Å². The molecule has 6 heteroatoms. The van der Waals surface area contributed by atoms with Gasteiger partial charge in [-0.05, 0) is 42.3 Å². The number of hydrogen-bond acceptors (Lipinski definition) is 4. The number of para-hydroxylation sites is 2. The van der Waals surface area contributed by atoms with Gasteiger partial charge in [0, 0.05) is 40.5 Å². The molecule has 0 unspecified atom stereocenters. The van der Waals surface area contributed by atoms with Crippen LogP contribution >= 0.6 is 23.4 Å². The third kappa shape index (κ3) is 4.38. The average molecular weight is 514 g/mol. The Morgan fingerprint density at radius 2 is 1.67 bits per heavy atom. The van der Waals surface area contributed by atoms with E-state index in [0.29, 0.717) is 10.8 Å². The molecule has 0 N–H and O–H groups in total. The molecule has 5 rings (SSSR count). The van der Waals surface area contributed by atoms with E-state index in [9.17, 15) is 4.79 Å². The molecule has 0 spiro atoms. The van der Waals surface area contributed by atoms with Crippen LogP contribution < -0.4 is 4.90 Å². The Balaban J connectivity index is 1.45. The number of benzene rings is 3. The Morgan fingerprint density at radius 1 is 1.00 bits per heavy atom. The number of aryl methyl sites for hydroxylation is 1. The summed E-state index contributed by atoms with van der Waals surface area (Å²) in [5.41, 5.74) is 7.32.